The van der Waals surface area contributed by atoms with Gasteiger partial charge in [-0.3, -0.25) is 0 Å². The summed E-state index contributed by atoms with van der Waals surface area (Å²) in [5.41, 5.74) is 0.856. The second-order valence-corrected chi connectivity index (χ2v) is 7.96. The molecule has 0 saturated heterocycles. The molecule has 0 radical (unpaired) electrons. The molecule has 5 atom stereocenters. The molecule has 4 aliphatic rings. The third kappa shape index (κ3) is 1.63. The Morgan fingerprint density at radius 3 is 2.39 bits per heavy atom. The van der Waals surface area contributed by atoms with Gasteiger partial charge in [0.15, 0.2) is 0 Å². The lowest BCUT2D eigenvalue weighted by molar-refractivity contribution is 0.0140. The molecule has 0 aromatic rings. The highest BCUT2D eigenvalue weighted by molar-refractivity contribution is 5.04. The topological polar surface area (TPSA) is 0 Å². The van der Waals surface area contributed by atoms with Gasteiger partial charge in [0.2, 0.25) is 0 Å². The summed E-state index contributed by atoms with van der Waals surface area (Å²) in [5, 5.41) is 0. The van der Waals surface area contributed by atoms with Crippen molar-refractivity contribution in [3.63, 3.8) is 0 Å². The number of hydrogen-bond acceptors (Lipinski definition) is 0. The van der Waals surface area contributed by atoms with Crippen LogP contribution >= 0.6 is 0 Å². The second-order valence-electron chi connectivity index (χ2n) is 7.96. The van der Waals surface area contributed by atoms with E-state index in [9.17, 15) is 0 Å². The van der Waals surface area contributed by atoms with Gasteiger partial charge in [-0.15, -0.1) is 0 Å². The Kier molecular flexibility index (Phi) is 2.97. The van der Waals surface area contributed by atoms with E-state index in [0.29, 0.717) is 0 Å². The molecule has 102 valence electrons. The van der Waals surface area contributed by atoms with Crippen molar-refractivity contribution in [1.82, 2.24) is 0 Å². The fourth-order valence-corrected chi connectivity index (χ4v) is 6.89. The second kappa shape index (κ2) is 4.53. The van der Waals surface area contributed by atoms with E-state index >= 15 is 0 Å². The van der Waals surface area contributed by atoms with Crippen LogP contribution in [0.15, 0.2) is 0 Å². The van der Waals surface area contributed by atoms with Crippen molar-refractivity contribution in [3.8, 4) is 0 Å². The molecule has 0 spiro atoms. The Labute approximate surface area is 113 Å². The van der Waals surface area contributed by atoms with Crippen molar-refractivity contribution in [2.75, 3.05) is 0 Å². The first-order chi connectivity index (χ1) is 8.90. The van der Waals surface area contributed by atoms with Crippen LogP contribution in [0, 0.1) is 29.1 Å². The first kappa shape index (κ1) is 11.8. The lowest BCUT2D eigenvalue weighted by Gasteiger charge is -2.48. The summed E-state index contributed by atoms with van der Waals surface area (Å²) in [6, 6.07) is 0. The molecule has 4 saturated carbocycles. The zero-order valence-corrected chi connectivity index (χ0v) is 12.0. The summed E-state index contributed by atoms with van der Waals surface area (Å²) in [7, 11) is 0. The van der Waals surface area contributed by atoms with Gasteiger partial charge in [0.05, 0.1) is 0 Å². The standard InChI is InChI=1S/C18H30/c1-2-9-16-14(6-1)10-11-17(16)18-12-4-3-7-15(18)8-5-13-18/h14-17H,1-13H2. The van der Waals surface area contributed by atoms with Crippen LogP contribution < -0.4 is 0 Å². The SMILES string of the molecule is C1CCC2C(C1)CCC2C12CCCCC1CCC2. The fourth-order valence-electron chi connectivity index (χ4n) is 6.89. The molecule has 0 aromatic carbocycles. The molecule has 0 aromatic heterocycles. The third-order valence-corrected chi connectivity index (χ3v) is 7.52. The van der Waals surface area contributed by atoms with E-state index < -0.39 is 0 Å². The zero-order chi connectivity index (χ0) is 12.0. The Bertz CT molecular complexity index is 307. The molecule has 4 fully saturated rings. The summed E-state index contributed by atoms with van der Waals surface area (Å²) in [6.45, 7) is 0. The quantitative estimate of drug-likeness (QED) is 0.568. The van der Waals surface area contributed by atoms with Crippen molar-refractivity contribution in [2.45, 2.75) is 83.5 Å². The highest BCUT2D eigenvalue weighted by Gasteiger charge is 2.54. The van der Waals surface area contributed by atoms with Gasteiger partial charge in [-0.25, -0.2) is 0 Å². The van der Waals surface area contributed by atoms with Crippen molar-refractivity contribution in [3.05, 3.63) is 0 Å². The average molecular weight is 246 g/mol. The Hall–Kier alpha value is 0. The minimum atomic E-state index is 0.856. The Balaban J connectivity index is 1.61. The molecule has 18 heavy (non-hydrogen) atoms. The fraction of sp³-hybridized carbons (Fsp3) is 1.00. The summed E-state index contributed by atoms with van der Waals surface area (Å²) in [4.78, 5) is 0. The lowest BCUT2D eigenvalue weighted by atomic mass is 9.57. The van der Waals surface area contributed by atoms with Crippen LogP contribution in [0.3, 0.4) is 0 Å². The van der Waals surface area contributed by atoms with Crippen LogP contribution in [0.25, 0.3) is 0 Å². The van der Waals surface area contributed by atoms with Gasteiger partial charge >= 0.3 is 0 Å². The summed E-state index contributed by atoms with van der Waals surface area (Å²) >= 11 is 0. The van der Waals surface area contributed by atoms with E-state index in [1.54, 1.807) is 83.5 Å². The minimum Gasteiger partial charge on any atom is -0.0530 e. The smallest absolute Gasteiger partial charge is 0.0238 e. The van der Waals surface area contributed by atoms with E-state index in [1.165, 1.54) is 0 Å². The molecule has 0 aliphatic heterocycles. The predicted molar refractivity (Wildman–Crippen MR) is 76.4 cm³/mol. The van der Waals surface area contributed by atoms with Gasteiger partial charge in [-0.1, -0.05) is 38.5 Å². The molecular formula is C18H30. The molecule has 0 amide bonds. The molecule has 4 aliphatic carbocycles. The van der Waals surface area contributed by atoms with E-state index in [1.807, 2.05) is 0 Å². The van der Waals surface area contributed by atoms with Crippen LogP contribution in [0.2, 0.25) is 0 Å². The van der Waals surface area contributed by atoms with Crippen molar-refractivity contribution in [1.29, 1.82) is 0 Å². The van der Waals surface area contributed by atoms with Crippen LogP contribution in [-0.2, 0) is 0 Å². The molecule has 5 unspecified atom stereocenters. The minimum absolute atomic E-state index is 0.856. The molecule has 4 rings (SSSR count). The molecule has 0 nitrogen and oxygen atoms in total. The van der Waals surface area contributed by atoms with Gasteiger partial charge in [0.25, 0.3) is 0 Å². The summed E-state index contributed by atoms with van der Waals surface area (Å²) in [6.07, 6.45) is 20.6. The van der Waals surface area contributed by atoms with Gasteiger partial charge in [-0.2, -0.15) is 0 Å². The third-order valence-electron chi connectivity index (χ3n) is 7.52. The number of fused-ring (bicyclic) bond motifs is 2. The zero-order valence-electron chi connectivity index (χ0n) is 12.0. The highest BCUT2D eigenvalue weighted by Crippen LogP contribution is 2.63. The van der Waals surface area contributed by atoms with E-state index in [0.717, 1.165) is 29.1 Å². The monoisotopic (exact) mass is 246 g/mol. The van der Waals surface area contributed by atoms with E-state index in [4.69, 9.17) is 0 Å². The maximum atomic E-state index is 1.62. The molecular weight excluding hydrogens is 216 g/mol. The molecule has 0 heteroatoms. The first-order valence-corrected chi connectivity index (χ1v) is 8.90. The first-order valence-electron chi connectivity index (χ1n) is 8.90. The largest absolute Gasteiger partial charge is 0.0530 e. The normalized spacial score (nSPS) is 52.0. The predicted octanol–water partition coefficient (Wildman–Crippen LogP) is 5.56. The Morgan fingerprint density at radius 1 is 0.611 bits per heavy atom. The van der Waals surface area contributed by atoms with Crippen LogP contribution in [0.4, 0.5) is 0 Å². The van der Waals surface area contributed by atoms with Crippen LogP contribution in [0.1, 0.15) is 83.5 Å². The summed E-state index contributed by atoms with van der Waals surface area (Å²) in [5.74, 6) is 4.63. The average Bonchev–Trinajstić information content (AvgIpc) is 3.03. The van der Waals surface area contributed by atoms with Crippen molar-refractivity contribution in [2.24, 2.45) is 29.1 Å². The number of hydrogen-bond donors (Lipinski definition) is 0. The highest BCUT2D eigenvalue weighted by atomic mass is 14.6. The van der Waals surface area contributed by atoms with Crippen LogP contribution in [-0.4, -0.2) is 0 Å². The molecule has 0 bridgehead atoms. The van der Waals surface area contributed by atoms with Gasteiger partial charge in [0, 0.05) is 0 Å². The van der Waals surface area contributed by atoms with Crippen molar-refractivity contribution < 1.29 is 0 Å². The maximum Gasteiger partial charge on any atom is -0.0238 e. The van der Waals surface area contributed by atoms with Gasteiger partial charge in [-0.05, 0) is 74.0 Å². The van der Waals surface area contributed by atoms with E-state index in [2.05, 4.69) is 0 Å². The number of rotatable bonds is 1. The summed E-state index contributed by atoms with van der Waals surface area (Å²) < 4.78 is 0. The lowest BCUT2D eigenvalue weighted by Crippen LogP contribution is -2.40. The Morgan fingerprint density at radius 2 is 1.39 bits per heavy atom. The van der Waals surface area contributed by atoms with Crippen LogP contribution in [0.5, 0.6) is 0 Å². The van der Waals surface area contributed by atoms with E-state index in [-0.39, 0.29) is 0 Å². The molecule has 0 heterocycles. The van der Waals surface area contributed by atoms with Gasteiger partial charge < -0.3 is 0 Å². The van der Waals surface area contributed by atoms with Crippen molar-refractivity contribution >= 4 is 0 Å². The van der Waals surface area contributed by atoms with Gasteiger partial charge in [0.1, 0.15) is 0 Å². The maximum absolute atomic E-state index is 1.62. The molecule has 0 N–H and O–H groups in total.